The highest BCUT2D eigenvalue weighted by molar-refractivity contribution is 5.06. The molecule has 2 aliphatic heterocycles. The summed E-state index contributed by atoms with van der Waals surface area (Å²) < 4.78 is 7.90. The lowest BCUT2D eigenvalue weighted by Crippen LogP contribution is -2.30. The van der Waals surface area contributed by atoms with E-state index in [4.69, 9.17) is 4.74 Å². The molecule has 0 spiro atoms. The largest absolute Gasteiger partial charge is 0.381 e. The molecule has 1 aromatic rings. The molecule has 100 valence electrons. The first-order valence-corrected chi connectivity index (χ1v) is 7.24. The van der Waals surface area contributed by atoms with Gasteiger partial charge in [0.15, 0.2) is 0 Å². The van der Waals surface area contributed by atoms with E-state index in [1.54, 1.807) is 0 Å². The highest BCUT2D eigenvalue weighted by Crippen LogP contribution is 2.24. The van der Waals surface area contributed by atoms with E-state index in [0.29, 0.717) is 12.0 Å². The topological polar surface area (TPSA) is 39.1 Å². The summed E-state index contributed by atoms with van der Waals surface area (Å²) in [7, 11) is 0. The van der Waals surface area contributed by atoms with E-state index in [-0.39, 0.29) is 0 Å². The first-order chi connectivity index (χ1) is 8.93. The second-order valence-corrected chi connectivity index (χ2v) is 5.56. The Morgan fingerprint density at radius 2 is 2.33 bits per heavy atom. The third-order valence-corrected chi connectivity index (χ3v) is 4.12. The normalized spacial score (nSPS) is 29.3. The van der Waals surface area contributed by atoms with E-state index in [2.05, 4.69) is 14.9 Å². The van der Waals surface area contributed by atoms with Gasteiger partial charge in [0, 0.05) is 31.3 Å². The molecule has 0 radical (unpaired) electrons. The van der Waals surface area contributed by atoms with Gasteiger partial charge in [-0.2, -0.15) is 0 Å². The van der Waals surface area contributed by atoms with Crippen molar-refractivity contribution in [3.8, 4) is 0 Å². The second-order valence-electron chi connectivity index (χ2n) is 5.56. The average Bonchev–Trinajstić information content (AvgIpc) is 2.89. The van der Waals surface area contributed by atoms with Gasteiger partial charge in [0.25, 0.3) is 0 Å². The molecule has 1 aromatic heterocycles. The first kappa shape index (κ1) is 12.2. The summed E-state index contributed by atoms with van der Waals surface area (Å²) in [4.78, 5) is 4.34. The number of aromatic nitrogens is 2. The van der Waals surface area contributed by atoms with Crippen LogP contribution in [-0.2, 0) is 11.3 Å². The van der Waals surface area contributed by atoms with Crippen LogP contribution in [0.5, 0.6) is 0 Å². The number of rotatable bonds is 3. The molecule has 2 aliphatic rings. The highest BCUT2D eigenvalue weighted by Gasteiger charge is 2.21. The van der Waals surface area contributed by atoms with Crippen LogP contribution < -0.4 is 5.32 Å². The molecule has 2 fully saturated rings. The fourth-order valence-electron chi connectivity index (χ4n) is 3.11. The molecule has 0 saturated carbocycles. The maximum Gasteiger partial charge on any atom is 0.0948 e. The molecule has 4 heteroatoms. The number of imidazole rings is 1. The lowest BCUT2D eigenvalue weighted by atomic mass is 10.0. The molecular weight excluding hydrogens is 226 g/mol. The van der Waals surface area contributed by atoms with Gasteiger partial charge in [0.05, 0.1) is 18.6 Å². The summed E-state index contributed by atoms with van der Waals surface area (Å²) in [6, 6.07) is 0.505. The Bertz CT molecular complexity index is 365. The van der Waals surface area contributed by atoms with Crippen LogP contribution in [0.3, 0.4) is 0 Å². The summed E-state index contributed by atoms with van der Waals surface area (Å²) in [5.41, 5.74) is 1.36. The van der Waals surface area contributed by atoms with Crippen LogP contribution in [0, 0.1) is 5.92 Å². The number of nitrogens with one attached hydrogen (secondary N) is 1. The Hall–Kier alpha value is -0.870. The number of hydrogen-bond donors (Lipinski definition) is 1. The molecule has 3 rings (SSSR count). The highest BCUT2D eigenvalue weighted by atomic mass is 16.5. The Labute approximate surface area is 109 Å². The Balaban J connectivity index is 1.66. The van der Waals surface area contributed by atoms with Gasteiger partial charge in [-0.25, -0.2) is 4.98 Å². The summed E-state index contributed by atoms with van der Waals surface area (Å²) in [5, 5.41) is 3.61. The summed E-state index contributed by atoms with van der Waals surface area (Å²) in [6.45, 7) is 4.06. The number of piperidine rings is 1. The van der Waals surface area contributed by atoms with Crippen molar-refractivity contribution in [2.75, 3.05) is 19.8 Å². The van der Waals surface area contributed by atoms with Crippen molar-refractivity contribution in [2.24, 2.45) is 5.92 Å². The lowest BCUT2D eigenvalue weighted by molar-refractivity contribution is 0.0478. The summed E-state index contributed by atoms with van der Waals surface area (Å²) in [5.74, 6) is 0.662. The molecule has 2 atom stereocenters. The fourth-order valence-corrected chi connectivity index (χ4v) is 3.11. The van der Waals surface area contributed by atoms with E-state index < -0.39 is 0 Å². The van der Waals surface area contributed by atoms with Crippen LogP contribution >= 0.6 is 0 Å². The molecule has 1 N–H and O–H groups in total. The van der Waals surface area contributed by atoms with Crippen molar-refractivity contribution in [1.82, 2.24) is 14.9 Å². The summed E-state index contributed by atoms with van der Waals surface area (Å²) >= 11 is 0. The van der Waals surface area contributed by atoms with Crippen molar-refractivity contribution < 1.29 is 4.74 Å². The van der Waals surface area contributed by atoms with Gasteiger partial charge < -0.3 is 14.6 Å². The lowest BCUT2D eigenvalue weighted by Gasteiger charge is -2.27. The van der Waals surface area contributed by atoms with Crippen LogP contribution in [0.25, 0.3) is 0 Å². The van der Waals surface area contributed by atoms with Gasteiger partial charge in [0.1, 0.15) is 0 Å². The van der Waals surface area contributed by atoms with Gasteiger partial charge in [-0.05, 0) is 32.2 Å². The van der Waals surface area contributed by atoms with Gasteiger partial charge in [-0.15, -0.1) is 0 Å². The molecule has 2 unspecified atom stereocenters. The second kappa shape index (κ2) is 5.85. The number of ether oxygens (including phenoxy) is 1. The zero-order valence-electron chi connectivity index (χ0n) is 11.0. The molecule has 0 bridgehead atoms. The zero-order chi connectivity index (χ0) is 12.2. The van der Waals surface area contributed by atoms with Crippen molar-refractivity contribution >= 4 is 0 Å². The molecule has 0 aliphatic carbocycles. The van der Waals surface area contributed by atoms with E-state index >= 15 is 0 Å². The maximum absolute atomic E-state index is 5.57. The monoisotopic (exact) mass is 249 g/mol. The molecule has 4 nitrogen and oxygen atoms in total. The maximum atomic E-state index is 5.57. The van der Waals surface area contributed by atoms with Crippen molar-refractivity contribution in [2.45, 2.75) is 44.7 Å². The van der Waals surface area contributed by atoms with Crippen molar-refractivity contribution in [3.05, 3.63) is 18.2 Å². The molecule has 18 heavy (non-hydrogen) atoms. The molecule has 2 saturated heterocycles. The predicted molar refractivity (Wildman–Crippen MR) is 70.4 cm³/mol. The summed E-state index contributed by atoms with van der Waals surface area (Å²) in [6.07, 6.45) is 10.4. The van der Waals surface area contributed by atoms with Crippen LogP contribution in [-0.4, -0.2) is 29.3 Å². The molecule has 0 aromatic carbocycles. The third-order valence-electron chi connectivity index (χ3n) is 4.12. The first-order valence-electron chi connectivity index (χ1n) is 7.24. The van der Waals surface area contributed by atoms with E-state index in [1.807, 2.05) is 12.5 Å². The average molecular weight is 249 g/mol. The standard InChI is InChI=1S/C14H23N3O/c1-2-6-16-13(5-1)14-8-15-11-17(14)9-12-4-3-7-18-10-12/h8,11-13,16H,1-7,9-10H2. The van der Waals surface area contributed by atoms with Gasteiger partial charge in [-0.1, -0.05) is 6.42 Å². The van der Waals surface area contributed by atoms with E-state index in [0.717, 1.165) is 26.3 Å². The van der Waals surface area contributed by atoms with Crippen LogP contribution in [0.2, 0.25) is 0 Å². The fraction of sp³-hybridized carbons (Fsp3) is 0.786. The van der Waals surface area contributed by atoms with Gasteiger partial charge >= 0.3 is 0 Å². The van der Waals surface area contributed by atoms with E-state index in [1.165, 1.54) is 37.8 Å². The van der Waals surface area contributed by atoms with Crippen LogP contribution in [0.15, 0.2) is 12.5 Å². The SMILES string of the molecule is c1ncn(CC2CCCOC2)c1C1CCCCN1. The van der Waals surface area contributed by atoms with Crippen LogP contribution in [0.1, 0.15) is 43.8 Å². The quantitative estimate of drug-likeness (QED) is 0.892. The van der Waals surface area contributed by atoms with Gasteiger partial charge in [-0.3, -0.25) is 0 Å². The van der Waals surface area contributed by atoms with E-state index in [9.17, 15) is 0 Å². The minimum Gasteiger partial charge on any atom is -0.381 e. The smallest absolute Gasteiger partial charge is 0.0948 e. The Kier molecular flexibility index (Phi) is 3.96. The van der Waals surface area contributed by atoms with Gasteiger partial charge in [0.2, 0.25) is 0 Å². The van der Waals surface area contributed by atoms with Crippen molar-refractivity contribution in [3.63, 3.8) is 0 Å². The third kappa shape index (κ3) is 2.75. The van der Waals surface area contributed by atoms with Crippen molar-refractivity contribution in [1.29, 1.82) is 0 Å². The molecule has 0 amide bonds. The predicted octanol–water partition coefficient (Wildman–Crippen LogP) is 2.12. The zero-order valence-corrected chi connectivity index (χ0v) is 11.0. The number of hydrogen-bond acceptors (Lipinski definition) is 3. The Morgan fingerprint density at radius 3 is 3.11 bits per heavy atom. The molecule has 3 heterocycles. The minimum absolute atomic E-state index is 0.505. The Morgan fingerprint density at radius 1 is 1.33 bits per heavy atom. The molecular formula is C14H23N3O. The minimum atomic E-state index is 0.505. The van der Waals surface area contributed by atoms with Crippen LogP contribution in [0.4, 0.5) is 0 Å². The number of nitrogens with zero attached hydrogens (tertiary/aromatic N) is 2.